The molecule has 0 saturated heterocycles. The standard InChI is InChI=1S/C12H15FN2O/c13-10-6-9(4-5-11(10)14)12(16)15-7-8-2-1-3-8/h4-6,8H,1-3,7,14H2,(H,15,16). The third-order valence-corrected chi connectivity index (χ3v) is 3.04. The second-order valence-corrected chi connectivity index (χ2v) is 4.24. The third-order valence-electron chi connectivity index (χ3n) is 3.04. The van der Waals surface area contributed by atoms with E-state index >= 15 is 0 Å². The van der Waals surface area contributed by atoms with Crippen LogP contribution < -0.4 is 11.1 Å². The van der Waals surface area contributed by atoms with Crippen LogP contribution in [0.1, 0.15) is 29.6 Å². The minimum Gasteiger partial charge on any atom is -0.396 e. The summed E-state index contributed by atoms with van der Waals surface area (Å²) in [5, 5.41) is 2.80. The van der Waals surface area contributed by atoms with Gasteiger partial charge in [0.2, 0.25) is 0 Å². The molecule has 0 aromatic heterocycles. The van der Waals surface area contributed by atoms with E-state index in [-0.39, 0.29) is 11.6 Å². The van der Waals surface area contributed by atoms with E-state index in [4.69, 9.17) is 5.73 Å². The third kappa shape index (κ3) is 2.32. The van der Waals surface area contributed by atoms with Crippen LogP contribution in [0.4, 0.5) is 10.1 Å². The quantitative estimate of drug-likeness (QED) is 0.768. The number of hydrogen-bond donors (Lipinski definition) is 2. The SMILES string of the molecule is Nc1ccc(C(=O)NCC2CCC2)cc1F. The van der Waals surface area contributed by atoms with E-state index in [1.807, 2.05) is 0 Å². The number of benzene rings is 1. The number of halogens is 1. The summed E-state index contributed by atoms with van der Waals surface area (Å²) in [6, 6.07) is 4.12. The van der Waals surface area contributed by atoms with E-state index in [2.05, 4.69) is 5.32 Å². The van der Waals surface area contributed by atoms with Crippen molar-refractivity contribution in [2.45, 2.75) is 19.3 Å². The highest BCUT2D eigenvalue weighted by Gasteiger charge is 2.18. The number of nitrogens with two attached hydrogens (primary N) is 1. The predicted octanol–water partition coefficient (Wildman–Crippen LogP) is 1.94. The molecule has 4 heteroatoms. The van der Waals surface area contributed by atoms with E-state index < -0.39 is 5.82 Å². The highest BCUT2D eigenvalue weighted by molar-refractivity contribution is 5.94. The molecule has 1 saturated carbocycles. The second-order valence-electron chi connectivity index (χ2n) is 4.24. The molecule has 1 aliphatic carbocycles. The Balaban J connectivity index is 1.94. The topological polar surface area (TPSA) is 55.1 Å². The van der Waals surface area contributed by atoms with Gasteiger partial charge in [0.15, 0.2) is 0 Å². The van der Waals surface area contributed by atoms with Crippen molar-refractivity contribution in [3.63, 3.8) is 0 Å². The molecule has 0 atom stereocenters. The minimum atomic E-state index is -0.545. The zero-order valence-corrected chi connectivity index (χ0v) is 9.00. The highest BCUT2D eigenvalue weighted by atomic mass is 19.1. The van der Waals surface area contributed by atoms with Crippen LogP contribution in [0.3, 0.4) is 0 Å². The van der Waals surface area contributed by atoms with Crippen LogP contribution in [0.5, 0.6) is 0 Å². The first-order valence-corrected chi connectivity index (χ1v) is 5.50. The molecule has 0 bridgehead atoms. The summed E-state index contributed by atoms with van der Waals surface area (Å²) in [5.74, 6) is -0.176. The van der Waals surface area contributed by atoms with Gasteiger partial charge in [-0.05, 0) is 37.0 Å². The van der Waals surface area contributed by atoms with Crippen molar-refractivity contribution in [3.8, 4) is 0 Å². The number of nitrogen functional groups attached to an aromatic ring is 1. The molecule has 0 radical (unpaired) electrons. The van der Waals surface area contributed by atoms with Crippen molar-refractivity contribution < 1.29 is 9.18 Å². The molecular weight excluding hydrogens is 207 g/mol. The molecule has 3 N–H and O–H groups in total. The maximum Gasteiger partial charge on any atom is 0.251 e. The summed E-state index contributed by atoms with van der Waals surface area (Å²) in [5.41, 5.74) is 5.73. The molecule has 1 aromatic rings. The fourth-order valence-corrected chi connectivity index (χ4v) is 1.70. The van der Waals surface area contributed by atoms with Gasteiger partial charge in [-0.2, -0.15) is 0 Å². The van der Waals surface area contributed by atoms with Crippen molar-refractivity contribution in [2.24, 2.45) is 5.92 Å². The van der Waals surface area contributed by atoms with Crippen molar-refractivity contribution in [1.29, 1.82) is 0 Å². The molecule has 0 spiro atoms. The number of carbonyl (C=O) groups excluding carboxylic acids is 1. The summed E-state index contributed by atoms with van der Waals surface area (Å²) in [7, 11) is 0. The lowest BCUT2D eigenvalue weighted by atomic mass is 9.85. The molecule has 1 aliphatic rings. The lowest BCUT2D eigenvalue weighted by Gasteiger charge is -2.25. The number of hydrogen-bond acceptors (Lipinski definition) is 2. The number of anilines is 1. The summed E-state index contributed by atoms with van der Waals surface area (Å²) in [4.78, 5) is 11.6. The monoisotopic (exact) mass is 222 g/mol. The Morgan fingerprint density at radius 2 is 2.25 bits per heavy atom. The normalized spacial score (nSPS) is 15.6. The van der Waals surface area contributed by atoms with E-state index in [1.165, 1.54) is 37.5 Å². The van der Waals surface area contributed by atoms with Gasteiger partial charge < -0.3 is 11.1 Å². The Morgan fingerprint density at radius 3 is 2.81 bits per heavy atom. The number of nitrogens with one attached hydrogen (secondary N) is 1. The van der Waals surface area contributed by atoms with E-state index in [1.54, 1.807) is 0 Å². The van der Waals surface area contributed by atoms with Gasteiger partial charge in [-0.25, -0.2) is 4.39 Å². The molecule has 1 aromatic carbocycles. The van der Waals surface area contributed by atoms with E-state index in [0.717, 1.165) is 0 Å². The van der Waals surface area contributed by atoms with Crippen LogP contribution in [0.15, 0.2) is 18.2 Å². The molecule has 16 heavy (non-hydrogen) atoms. The largest absolute Gasteiger partial charge is 0.396 e. The first kappa shape index (κ1) is 10.9. The number of carbonyl (C=O) groups is 1. The van der Waals surface area contributed by atoms with Gasteiger partial charge in [0, 0.05) is 12.1 Å². The Morgan fingerprint density at radius 1 is 1.50 bits per heavy atom. The maximum atomic E-state index is 13.1. The predicted molar refractivity (Wildman–Crippen MR) is 60.5 cm³/mol. The van der Waals surface area contributed by atoms with Crippen molar-refractivity contribution in [2.75, 3.05) is 12.3 Å². The summed E-state index contributed by atoms with van der Waals surface area (Å²) >= 11 is 0. The molecular formula is C12H15FN2O. The molecule has 0 unspecified atom stereocenters. The fraction of sp³-hybridized carbons (Fsp3) is 0.417. The van der Waals surface area contributed by atoms with Gasteiger partial charge in [0.05, 0.1) is 5.69 Å². The average molecular weight is 222 g/mol. The first-order valence-electron chi connectivity index (χ1n) is 5.50. The second kappa shape index (κ2) is 4.51. The summed E-state index contributed by atoms with van der Waals surface area (Å²) in [6.07, 6.45) is 3.60. The van der Waals surface area contributed by atoms with Gasteiger partial charge in [-0.3, -0.25) is 4.79 Å². The van der Waals surface area contributed by atoms with Gasteiger partial charge >= 0.3 is 0 Å². The van der Waals surface area contributed by atoms with Crippen LogP contribution in [-0.4, -0.2) is 12.5 Å². The highest BCUT2D eigenvalue weighted by Crippen LogP contribution is 2.25. The minimum absolute atomic E-state index is 0.0653. The van der Waals surface area contributed by atoms with Crippen molar-refractivity contribution >= 4 is 11.6 Å². The molecule has 0 heterocycles. The van der Waals surface area contributed by atoms with Gasteiger partial charge in [-0.15, -0.1) is 0 Å². The number of rotatable bonds is 3. The summed E-state index contributed by atoms with van der Waals surface area (Å²) in [6.45, 7) is 0.685. The maximum absolute atomic E-state index is 13.1. The van der Waals surface area contributed by atoms with Crippen molar-refractivity contribution in [1.82, 2.24) is 5.32 Å². The Hall–Kier alpha value is -1.58. The van der Waals surface area contributed by atoms with E-state index in [9.17, 15) is 9.18 Å². The van der Waals surface area contributed by atoms with Gasteiger partial charge in [0.1, 0.15) is 5.82 Å². The summed E-state index contributed by atoms with van der Waals surface area (Å²) < 4.78 is 13.1. The van der Waals surface area contributed by atoms with Crippen LogP contribution in [-0.2, 0) is 0 Å². The van der Waals surface area contributed by atoms with Crippen LogP contribution >= 0.6 is 0 Å². The average Bonchev–Trinajstić information content (AvgIpc) is 2.19. The Bertz CT molecular complexity index is 402. The van der Waals surface area contributed by atoms with E-state index in [0.29, 0.717) is 18.0 Å². The van der Waals surface area contributed by atoms with Crippen LogP contribution in [0.2, 0.25) is 0 Å². The molecule has 3 nitrogen and oxygen atoms in total. The molecule has 1 fully saturated rings. The van der Waals surface area contributed by atoms with Gasteiger partial charge in [0.25, 0.3) is 5.91 Å². The zero-order chi connectivity index (χ0) is 11.5. The Labute approximate surface area is 93.8 Å². The lowest BCUT2D eigenvalue weighted by Crippen LogP contribution is -2.32. The number of amides is 1. The smallest absolute Gasteiger partial charge is 0.251 e. The van der Waals surface area contributed by atoms with Crippen molar-refractivity contribution in [3.05, 3.63) is 29.6 Å². The lowest BCUT2D eigenvalue weighted by molar-refractivity contribution is 0.0938. The molecule has 0 aliphatic heterocycles. The molecule has 1 amide bonds. The van der Waals surface area contributed by atoms with Crippen LogP contribution in [0, 0.1) is 11.7 Å². The fourth-order valence-electron chi connectivity index (χ4n) is 1.70. The van der Waals surface area contributed by atoms with Gasteiger partial charge in [-0.1, -0.05) is 6.42 Å². The Kier molecular flexibility index (Phi) is 3.08. The first-order chi connectivity index (χ1) is 7.66. The molecule has 86 valence electrons. The molecule has 2 rings (SSSR count). The van der Waals surface area contributed by atoms with Crippen LogP contribution in [0.25, 0.3) is 0 Å². The zero-order valence-electron chi connectivity index (χ0n) is 9.00.